The number of carbonyl (C=O) groups excluding carboxylic acids is 2. The molecule has 2 aromatic carbocycles. The summed E-state index contributed by atoms with van der Waals surface area (Å²) in [5.41, 5.74) is 5.09. The second-order valence-electron chi connectivity index (χ2n) is 9.32. The van der Waals surface area contributed by atoms with Gasteiger partial charge < -0.3 is 10.2 Å². The average Bonchev–Trinajstić information content (AvgIpc) is 3.57. The first kappa shape index (κ1) is 24.1. The van der Waals surface area contributed by atoms with Crippen LogP contribution in [0.25, 0.3) is 5.57 Å². The maximum absolute atomic E-state index is 12.9. The molecule has 0 saturated carbocycles. The average molecular weight is 500 g/mol. The van der Waals surface area contributed by atoms with Crippen LogP contribution in [0.4, 0.5) is 5.13 Å². The lowest BCUT2D eigenvalue weighted by molar-refractivity contribution is 0.0950. The number of hydrogen-bond donors (Lipinski definition) is 2. The molecule has 3 aromatic rings. The normalized spacial score (nSPS) is 16.5. The minimum absolute atomic E-state index is 0.161. The molecule has 0 unspecified atom stereocenters. The van der Waals surface area contributed by atoms with Crippen molar-refractivity contribution in [3.05, 3.63) is 87.4 Å². The molecule has 5 rings (SSSR count). The number of nitrogens with one attached hydrogen (secondary N) is 2. The van der Waals surface area contributed by atoms with E-state index < -0.39 is 0 Å². The van der Waals surface area contributed by atoms with Crippen LogP contribution in [-0.2, 0) is 19.4 Å². The topological polar surface area (TPSA) is 86.7 Å². The van der Waals surface area contributed by atoms with Gasteiger partial charge in [-0.3, -0.25) is 19.9 Å². The number of aliphatic imine (C=N–C) groups is 1. The van der Waals surface area contributed by atoms with E-state index in [1.165, 1.54) is 4.88 Å². The summed E-state index contributed by atoms with van der Waals surface area (Å²) in [6.45, 7) is 1.00. The Labute approximate surface area is 215 Å². The van der Waals surface area contributed by atoms with E-state index in [9.17, 15) is 9.59 Å². The van der Waals surface area contributed by atoms with Gasteiger partial charge in [0, 0.05) is 34.8 Å². The smallest absolute Gasteiger partial charge is 0.257 e. The molecule has 1 atom stereocenters. The molecule has 0 fully saturated rings. The van der Waals surface area contributed by atoms with Crippen molar-refractivity contribution in [1.29, 1.82) is 0 Å². The SMILES string of the molecule is CN(C)[C@H]1CCc2nc(NC(=O)c3cccc(CNC(=O)c4cccc(C5=CCN=C5)c4)c3)sc2C1. The fraction of sp³-hybridized carbons (Fsp3) is 0.286. The number of rotatable bonds is 7. The Morgan fingerprint density at radius 3 is 2.67 bits per heavy atom. The van der Waals surface area contributed by atoms with Crippen molar-refractivity contribution in [1.82, 2.24) is 15.2 Å². The first-order valence-corrected chi connectivity index (χ1v) is 12.9. The van der Waals surface area contributed by atoms with E-state index in [1.54, 1.807) is 29.5 Å². The summed E-state index contributed by atoms with van der Waals surface area (Å²) in [5, 5.41) is 6.56. The van der Waals surface area contributed by atoms with E-state index >= 15 is 0 Å². The zero-order valence-corrected chi connectivity index (χ0v) is 21.3. The zero-order valence-electron chi connectivity index (χ0n) is 20.5. The van der Waals surface area contributed by atoms with Crippen LogP contribution in [-0.4, -0.2) is 54.6 Å². The van der Waals surface area contributed by atoms with Crippen molar-refractivity contribution in [3.8, 4) is 0 Å². The fourth-order valence-corrected chi connectivity index (χ4v) is 5.59. The summed E-state index contributed by atoms with van der Waals surface area (Å²) in [7, 11) is 4.21. The summed E-state index contributed by atoms with van der Waals surface area (Å²) in [5.74, 6) is -0.357. The lowest BCUT2D eigenvalue weighted by Gasteiger charge is -2.27. The lowest BCUT2D eigenvalue weighted by atomic mass is 9.97. The predicted molar refractivity (Wildman–Crippen MR) is 145 cm³/mol. The third-order valence-electron chi connectivity index (χ3n) is 6.61. The molecule has 2 N–H and O–H groups in total. The van der Waals surface area contributed by atoms with Gasteiger partial charge >= 0.3 is 0 Å². The number of thiazole rings is 1. The second-order valence-corrected chi connectivity index (χ2v) is 10.4. The van der Waals surface area contributed by atoms with Crippen LogP contribution in [0.15, 0.2) is 59.6 Å². The third-order valence-corrected chi connectivity index (χ3v) is 7.65. The molecule has 7 nitrogen and oxygen atoms in total. The minimum atomic E-state index is -0.197. The molecule has 184 valence electrons. The van der Waals surface area contributed by atoms with Gasteiger partial charge in [0.15, 0.2) is 5.13 Å². The molecule has 0 bridgehead atoms. The lowest BCUT2D eigenvalue weighted by Crippen LogP contribution is -2.32. The number of benzene rings is 2. The molecular formula is C28H29N5O2S. The van der Waals surface area contributed by atoms with Gasteiger partial charge in [0.1, 0.15) is 0 Å². The van der Waals surface area contributed by atoms with Gasteiger partial charge in [-0.2, -0.15) is 0 Å². The highest BCUT2D eigenvalue weighted by Crippen LogP contribution is 2.31. The minimum Gasteiger partial charge on any atom is -0.348 e. The number of nitrogens with zero attached hydrogens (tertiary/aromatic N) is 3. The van der Waals surface area contributed by atoms with Gasteiger partial charge in [-0.05, 0) is 74.3 Å². The number of aryl methyl sites for hydroxylation is 1. The molecule has 1 aromatic heterocycles. The Balaban J connectivity index is 1.20. The number of allylic oxidation sites excluding steroid dienone is 1. The summed E-state index contributed by atoms with van der Waals surface area (Å²) < 4.78 is 0. The molecule has 2 heterocycles. The van der Waals surface area contributed by atoms with Crippen molar-refractivity contribution in [2.75, 3.05) is 26.0 Å². The molecule has 1 aliphatic carbocycles. The van der Waals surface area contributed by atoms with Crippen molar-refractivity contribution in [3.63, 3.8) is 0 Å². The highest BCUT2D eigenvalue weighted by Gasteiger charge is 2.24. The van der Waals surface area contributed by atoms with E-state index in [0.717, 1.165) is 41.7 Å². The largest absolute Gasteiger partial charge is 0.348 e. The van der Waals surface area contributed by atoms with Crippen molar-refractivity contribution in [2.24, 2.45) is 4.99 Å². The number of carbonyl (C=O) groups is 2. The van der Waals surface area contributed by atoms with Gasteiger partial charge in [-0.25, -0.2) is 4.98 Å². The van der Waals surface area contributed by atoms with Crippen molar-refractivity contribution in [2.45, 2.75) is 31.8 Å². The quantitative estimate of drug-likeness (QED) is 0.510. The Bertz CT molecular complexity index is 1360. The maximum atomic E-state index is 12.9. The number of amides is 2. The second kappa shape index (κ2) is 10.6. The van der Waals surface area contributed by atoms with Crippen molar-refractivity contribution >= 4 is 40.1 Å². The van der Waals surface area contributed by atoms with Gasteiger partial charge in [-0.15, -0.1) is 11.3 Å². The van der Waals surface area contributed by atoms with Crippen LogP contribution >= 0.6 is 11.3 Å². The monoisotopic (exact) mass is 499 g/mol. The molecule has 2 aliphatic rings. The van der Waals surface area contributed by atoms with E-state index in [0.29, 0.717) is 35.4 Å². The van der Waals surface area contributed by atoms with Crippen molar-refractivity contribution < 1.29 is 9.59 Å². The van der Waals surface area contributed by atoms with E-state index in [-0.39, 0.29) is 11.8 Å². The van der Waals surface area contributed by atoms with Crippen LogP contribution in [0.3, 0.4) is 0 Å². The summed E-state index contributed by atoms with van der Waals surface area (Å²) in [6, 6.07) is 15.3. The summed E-state index contributed by atoms with van der Waals surface area (Å²) in [4.78, 5) is 38.1. The number of anilines is 1. The van der Waals surface area contributed by atoms with Gasteiger partial charge in [0.05, 0.1) is 12.2 Å². The summed E-state index contributed by atoms with van der Waals surface area (Å²) >= 11 is 1.57. The van der Waals surface area contributed by atoms with Crippen LogP contribution in [0.2, 0.25) is 0 Å². The molecule has 0 saturated heterocycles. The number of aromatic nitrogens is 1. The summed E-state index contributed by atoms with van der Waals surface area (Å²) in [6.07, 6.45) is 6.86. The predicted octanol–water partition coefficient (Wildman–Crippen LogP) is 4.21. The molecule has 8 heteroatoms. The van der Waals surface area contributed by atoms with Gasteiger partial charge in [-0.1, -0.05) is 30.3 Å². The van der Waals surface area contributed by atoms with E-state index in [1.807, 2.05) is 42.6 Å². The first-order valence-electron chi connectivity index (χ1n) is 12.1. The van der Waals surface area contributed by atoms with Gasteiger partial charge in [0.2, 0.25) is 0 Å². The number of likely N-dealkylation sites (N-methyl/N-ethyl adjacent to an activating group) is 1. The van der Waals surface area contributed by atoms with Crippen LogP contribution in [0.1, 0.15) is 48.8 Å². The fourth-order valence-electron chi connectivity index (χ4n) is 4.52. The molecule has 36 heavy (non-hydrogen) atoms. The molecule has 0 radical (unpaired) electrons. The standard InChI is InChI=1S/C28H29N5O2S/c1-33(2)23-9-10-24-25(15-23)36-28(31-24)32-27(35)20-7-3-5-18(13-20)16-30-26(34)21-8-4-6-19(14-21)22-11-12-29-17-22/h3-8,11,13-14,17,23H,9-10,12,15-16H2,1-2H3,(H,30,34)(H,31,32,35)/t23-/m0/s1. The molecule has 2 amide bonds. The molecule has 0 spiro atoms. The zero-order chi connectivity index (χ0) is 25.1. The molecular weight excluding hydrogens is 470 g/mol. The first-order chi connectivity index (χ1) is 17.5. The highest BCUT2D eigenvalue weighted by molar-refractivity contribution is 7.15. The third kappa shape index (κ3) is 5.45. The Hall–Kier alpha value is -3.62. The van der Waals surface area contributed by atoms with Gasteiger partial charge in [0.25, 0.3) is 11.8 Å². The molecule has 1 aliphatic heterocycles. The van der Waals surface area contributed by atoms with Crippen LogP contribution in [0.5, 0.6) is 0 Å². The van der Waals surface area contributed by atoms with E-state index in [4.69, 9.17) is 0 Å². The maximum Gasteiger partial charge on any atom is 0.257 e. The number of fused-ring (bicyclic) bond motifs is 1. The van der Waals surface area contributed by atoms with E-state index in [2.05, 4.69) is 39.6 Å². The Morgan fingerprint density at radius 1 is 1.08 bits per heavy atom. The van der Waals surface area contributed by atoms with Crippen LogP contribution in [0, 0.1) is 0 Å². The Kier molecular flexibility index (Phi) is 7.06. The Morgan fingerprint density at radius 2 is 1.89 bits per heavy atom. The van der Waals surface area contributed by atoms with Crippen LogP contribution < -0.4 is 10.6 Å². The number of hydrogen-bond acceptors (Lipinski definition) is 6. The highest BCUT2D eigenvalue weighted by atomic mass is 32.1.